The Kier molecular flexibility index (Phi) is 2.08. The molecule has 72 valence electrons. The number of aromatic nitrogens is 1. The minimum absolute atomic E-state index is 0.210. The molecule has 0 fully saturated rings. The first-order valence-corrected chi connectivity index (χ1v) is 4.45. The molecule has 2 rings (SSSR count). The fourth-order valence-electron chi connectivity index (χ4n) is 1.49. The highest BCUT2D eigenvalue weighted by atomic mass is 19.1. The van der Waals surface area contributed by atoms with Crippen molar-refractivity contribution in [2.45, 2.75) is 6.92 Å². The molecule has 1 aromatic heterocycles. The van der Waals surface area contributed by atoms with E-state index >= 15 is 0 Å². The highest BCUT2D eigenvalue weighted by Gasteiger charge is 2.04. The van der Waals surface area contributed by atoms with E-state index in [1.165, 1.54) is 6.07 Å². The summed E-state index contributed by atoms with van der Waals surface area (Å²) in [4.78, 5) is 4.11. The van der Waals surface area contributed by atoms with Crippen molar-refractivity contribution in [3.05, 3.63) is 35.8 Å². The van der Waals surface area contributed by atoms with Gasteiger partial charge in [0.05, 0.1) is 5.52 Å². The maximum absolute atomic E-state index is 13.2. The van der Waals surface area contributed by atoms with Crippen molar-refractivity contribution in [2.75, 3.05) is 12.4 Å². The molecule has 0 saturated heterocycles. The topological polar surface area (TPSA) is 24.9 Å². The molecular weight excluding hydrogens is 179 g/mol. The van der Waals surface area contributed by atoms with Crippen molar-refractivity contribution in [1.82, 2.24) is 4.98 Å². The Morgan fingerprint density at radius 1 is 1.36 bits per heavy atom. The summed E-state index contributed by atoms with van der Waals surface area (Å²) in [7, 11) is 1.84. The van der Waals surface area contributed by atoms with Crippen molar-refractivity contribution in [1.29, 1.82) is 0 Å². The molecule has 0 unspecified atom stereocenters. The molecular formula is C11H11FN2. The summed E-state index contributed by atoms with van der Waals surface area (Å²) in [5.41, 5.74) is 2.29. The Labute approximate surface area is 81.8 Å². The first-order valence-electron chi connectivity index (χ1n) is 4.45. The number of pyridine rings is 1. The van der Waals surface area contributed by atoms with Gasteiger partial charge in [-0.25, -0.2) is 4.39 Å². The van der Waals surface area contributed by atoms with E-state index < -0.39 is 0 Å². The third-order valence-electron chi connectivity index (χ3n) is 2.29. The molecule has 0 bridgehead atoms. The number of fused-ring (bicyclic) bond motifs is 1. The number of nitrogens with one attached hydrogen (secondary N) is 1. The lowest BCUT2D eigenvalue weighted by atomic mass is 10.1. The maximum Gasteiger partial charge on any atom is 0.128 e. The van der Waals surface area contributed by atoms with Gasteiger partial charge in [0.15, 0.2) is 0 Å². The molecule has 0 radical (unpaired) electrons. The number of hydrogen-bond acceptors (Lipinski definition) is 2. The largest absolute Gasteiger partial charge is 0.388 e. The van der Waals surface area contributed by atoms with Crippen LogP contribution in [0.1, 0.15) is 5.56 Å². The molecule has 1 heterocycles. The first kappa shape index (κ1) is 8.94. The predicted molar refractivity (Wildman–Crippen MR) is 56.0 cm³/mol. The molecule has 0 saturated carbocycles. The van der Waals surface area contributed by atoms with Gasteiger partial charge in [0.25, 0.3) is 0 Å². The van der Waals surface area contributed by atoms with E-state index in [1.807, 2.05) is 19.2 Å². The van der Waals surface area contributed by atoms with Crippen LogP contribution in [0.25, 0.3) is 10.9 Å². The molecule has 0 spiro atoms. The Morgan fingerprint density at radius 3 is 2.86 bits per heavy atom. The number of anilines is 1. The molecule has 0 aliphatic heterocycles. The van der Waals surface area contributed by atoms with Gasteiger partial charge >= 0.3 is 0 Å². The average Bonchev–Trinajstić information content (AvgIpc) is 2.19. The average molecular weight is 190 g/mol. The zero-order valence-corrected chi connectivity index (χ0v) is 8.13. The van der Waals surface area contributed by atoms with Gasteiger partial charge in [-0.3, -0.25) is 4.98 Å². The highest BCUT2D eigenvalue weighted by molar-refractivity contribution is 5.91. The lowest BCUT2D eigenvalue weighted by Crippen LogP contribution is -1.92. The molecule has 0 aliphatic carbocycles. The van der Waals surface area contributed by atoms with Crippen LogP contribution in [0.3, 0.4) is 0 Å². The Hall–Kier alpha value is -1.64. The third-order valence-corrected chi connectivity index (χ3v) is 2.29. The molecule has 0 amide bonds. The Morgan fingerprint density at radius 2 is 2.14 bits per heavy atom. The molecule has 0 aliphatic rings. The van der Waals surface area contributed by atoms with E-state index in [1.54, 1.807) is 13.1 Å². The van der Waals surface area contributed by atoms with Crippen LogP contribution in [-0.4, -0.2) is 12.0 Å². The van der Waals surface area contributed by atoms with Crippen LogP contribution in [0.4, 0.5) is 10.1 Å². The van der Waals surface area contributed by atoms with E-state index in [9.17, 15) is 4.39 Å². The number of benzene rings is 1. The van der Waals surface area contributed by atoms with E-state index in [-0.39, 0.29) is 5.82 Å². The number of hydrogen-bond donors (Lipinski definition) is 1. The summed E-state index contributed by atoms with van der Waals surface area (Å²) in [6.45, 7) is 1.75. The van der Waals surface area contributed by atoms with Crippen molar-refractivity contribution in [3.8, 4) is 0 Å². The maximum atomic E-state index is 13.2. The summed E-state index contributed by atoms with van der Waals surface area (Å²) >= 11 is 0. The fourth-order valence-corrected chi connectivity index (χ4v) is 1.49. The highest BCUT2D eigenvalue weighted by Crippen LogP contribution is 2.23. The van der Waals surface area contributed by atoms with E-state index in [0.29, 0.717) is 11.1 Å². The second-order valence-electron chi connectivity index (χ2n) is 3.23. The Bertz CT molecular complexity index is 480. The van der Waals surface area contributed by atoms with Gasteiger partial charge in [-0.1, -0.05) is 0 Å². The van der Waals surface area contributed by atoms with Crippen molar-refractivity contribution in [3.63, 3.8) is 0 Å². The molecule has 0 atom stereocenters. The summed E-state index contributed by atoms with van der Waals surface area (Å²) in [5, 5.41) is 4.01. The van der Waals surface area contributed by atoms with Crippen LogP contribution in [-0.2, 0) is 0 Å². The second kappa shape index (κ2) is 3.25. The molecule has 3 heteroatoms. The van der Waals surface area contributed by atoms with Crippen LogP contribution >= 0.6 is 0 Å². The predicted octanol–water partition coefficient (Wildman–Crippen LogP) is 2.72. The van der Waals surface area contributed by atoms with Crippen molar-refractivity contribution in [2.24, 2.45) is 0 Å². The van der Waals surface area contributed by atoms with Gasteiger partial charge < -0.3 is 5.32 Å². The number of aryl methyl sites for hydroxylation is 1. The normalized spacial score (nSPS) is 10.5. The number of rotatable bonds is 1. The molecule has 1 N–H and O–H groups in total. The van der Waals surface area contributed by atoms with E-state index in [0.717, 1.165) is 11.1 Å². The van der Waals surface area contributed by atoms with Gasteiger partial charge in [-0.2, -0.15) is 0 Å². The Balaban J connectivity index is 2.81. The zero-order valence-electron chi connectivity index (χ0n) is 8.13. The SMILES string of the molecule is CNc1ccnc2cc(F)c(C)cc12. The van der Waals surface area contributed by atoms with Crippen LogP contribution in [0, 0.1) is 12.7 Å². The number of nitrogens with zero attached hydrogens (tertiary/aromatic N) is 1. The third kappa shape index (κ3) is 1.31. The zero-order chi connectivity index (χ0) is 10.1. The van der Waals surface area contributed by atoms with Crippen LogP contribution in [0.15, 0.2) is 24.4 Å². The quantitative estimate of drug-likeness (QED) is 0.747. The standard InChI is InChI=1S/C11H11FN2/c1-7-5-8-10(13-2)3-4-14-11(8)6-9(7)12/h3-6H,1-2H3,(H,13,14). The summed E-state index contributed by atoms with van der Waals surface area (Å²) < 4.78 is 13.2. The number of halogens is 1. The minimum Gasteiger partial charge on any atom is -0.388 e. The molecule has 2 nitrogen and oxygen atoms in total. The van der Waals surface area contributed by atoms with Crippen LogP contribution in [0.5, 0.6) is 0 Å². The van der Waals surface area contributed by atoms with Crippen LogP contribution < -0.4 is 5.32 Å². The lowest BCUT2D eigenvalue weighted by molar-refractivity contribution is 0.620. The summed E-state index contributed by atoms with van der Waals surface area (Å²) in [5.74, 6) is -0.210. The van der Waals surface area contributed by atoms with Gasteiger partial charge in [0.2, 0.25) is 0 Å². The van der Waals surface area contributed by atoms with Crippen molar-refractivity contribution < 1.29 is 4.39 Å². The molecule has 1 aromatic carbocycles. The van der Waals surface area contributed by atoms with Gasteiger partial charge in [0.1, 0.15) is 5.82 Å². The fraction of sp³-hybridized carbons (Fsp3) is 0.182. The van der Waals surface area contributed by atoms with Crippen molar-refractivity contribution >= 4 is 16.6 Å². The van der Waals surface area contributed by atoms with E-state index in [2.05, 4.69) is 10.3 Å². The minimum atomic E-state index is -0.210. The van der Waals surface area contributed by atoms with Gasteiger partial charge in [0, 0.05) is 30.4 Å². The monoisotopic (exact) mass is 190 g/mol. The summed E-state index contributed by atoms with van der Waals surface area (Å²) in [6, 6.07) is 5.15. The first-order chi connectivity index (χ1) is 6.72. The van der Waals surface area contributed by atoms with E-state index in [4.69, 9.17) is 0 Å². The molecule has 14 heavy (non-hydrogen) atoms. The lowest BCUT2D eigenvalue weighted by Gasteiger charge is -2.06. The smallest absolute Gasteiger partial charge is 0.128 e. The van der Waals surface area contributed by atoms with Gasteiger partial charge in [-0.05, 0) is 24.6 Å². The van der Waals surface area contributed by atoms with Gasteiger partial charge in [-0.15, -0.1) is 0 Å². The molecule has 2 aromatic rings. The summed E-state index contributed by atoms with van der Waals surface area (Å²) in [6.07, 6.45) is 1.67. The second-order valence-corrected chi connectivity index (χ2v) is 3.23. The van der Waals surface area contributed by atoms with Crippen LogP contribution in [0.2, 0.25) is 0 Å².